The quantitative estimate of drug-likeness (QED) is 0.817. The van der Waals surface area contributed by atoms with Crippen molar-refractivity contribution >= 4 is 0 Å². The zero-order chi connectivity index (χ0) is 12.3. The number of nitrogens with two attached hydrogens (primary N) is 1. The summed E-state index contributed by atoms with van der Waals surface area (Å²) in [5, 5.41) is 7.99. The third-order valence-corrected chi connectivity index (χ3v) is 2.45. The van der Waals surface area contributed by atoms with Crippen molar-refractivity contribution in [3.63, 3.8) is 0 Å². The van der Waals surface area contributed by atoms with Crippen molar-refractivity contribution in [2.45, 2.75) is 19.6 Å². The summed E-state index contributed by atoms with van der Waals surface area (Å²) in [5.74, 6) is 0.830. The number of aryl methyl sites for hydroxylation is 1. The Morgan fingerprint density at radius 1 is 1.47 bits per heavy atom. The van der Waals surface area contributed by atoms with Crippen molar-refractivity contribution in [1.82, 2.24) is 19.8 Å². The van der Waals surface area contributed by atoms with E-state index in [2.05, 4.69) is 15.2 Å². The molecule has 0 aliphatic heterocycles. The number of hydrogen-bond donors (Lipinski definition) is 1. The molecule has 2 rings (SSSR count). The van der Waals surface area contributed by atoms with Crippen LogP contribution >= 0.6 is 0 Å². The molecule has 0 saturated carbocycles. The first-order valence-corrected chi connectivity index (χ1v) is 5.48. The van der Waals surface area contributed by atoms with Crippen molar-refractivity contribution in [3.05, 3.63) is 35.5 Å². The fourth-order valence-electron chi connectivity index (χ4n) is 1.71. The van der Waals surface area contributed by atoms with E-state index in [1.165, 1.54) is 5.56 Å². The fourth-order valence-corrected chi connectivity index (χ4v) is 1.71. The maximum absolute atomic E-state index is 5.47. The standard InChI is InChI=1S/C11H17N5O/c1-15(6-9-5-13-16(2)7-9)8-11-3-10(4-12)14-17-11/h3,5,7H,4,6,8,12H2,1-2H3. The number of aromatic nitrogens is 3. The van der Waals surface area contributed by atoms with Crippen molar-refractivity contribution in [1.29, 1.82) is 0 Å². The molecule has 6 nitrogen and oxygen atoms in total. The van der Waals surface area contributed by atoms with E-state index in [-0.39, 0.29) is 0 Å². The molecule has 0 unspecified atom stereocenters. The van der Waals surface area contributed by atoms with Gasteiger partial charge in [-0.05, 0) is 7.05 Å². The first-order valence-electron chi connectivity index (χ1n) is 5.48. The van der Waals surface area contributed by atoms with Gasteiger partial charge < -0.3 is 10.3 Å². The zero-order valence-corrected chi connectivity index (χ0v) is 10.1. The lowest BCUT2D eigenvalue weighted by atomic mass is 10.3. The van der Waals surface area contributed by atoms with E-state index in [4.69, 9.17) is 10.3 Å². The van der Waals surface area contributed by atoms with Crippen LogP contribution in [0.15, 0.2) is 23.0 Å². The van der Waals surface area contributed by atoms with E-state index in [1.807, 2.05) is 32.6 Å². The smallest absolute Gasteiger partial charge is 0.151 e. The van der Waals surface area contributed by atoms with Gasteiger partial charge in [-0.2, -0.15) is 5.10 Å². The van der Waals surface area contributed by atoms with Crippen LogP contribution in [0.5, 0.6) is 0 Å². The molecular formula is C11H17N5O. The van der Waals surface area contributed by atoms with Crippen LogP contribution < -0.4 is 5.73 Å². The highest BCUT2D eigenvalue weighted by molar-refractivity contribution is 5.06. The lowest BCUT2D eigenvalue weighted by Crippen LogP contribution is -2.16. The molecule has 0 aliphatic carbocycles. The van der Waals surface area contributed by atoms with E-state index in [0.717, 1.165) is 18.0 Å². The SMILES string of the molecule is CN(Cc1cnn(C)c1)Cc1cc(CN)no1. The molecule has 2 aromatic heterocycles. The Morgan fingerprint density at radius 3 is 2.88 bits per heavy atom. The minimum atomic E-state index is 0.413. The lowest BCUT2D eigenvalue weighted by molar-refractivity contribution is 0.265. The third-order valence-electron chi connectivity index (χ3n) is 2.45. The largest absolute Gasteiger partial charge is 0.360 e. The van der Waals surface area contributed by atoms with Gasteiger partial charge in [0.05, 0.1) is 18.4 Å². The summed E-state index contributed by atoms with van der Waals surface area (Å²) in [6.07, 6.45) is 3.87. The average Bonchev–Trinajstić information content (AvgIpc) is 2.88. The Bertz CT molecular complexity index is 476. The number of nitrogens with zero attached hydrogens (tertiary/aromatic N) is 4. The molecule has 0 saturated heterocycles. The first kappa shape index (κ1) is 11.8. The van der Waals surface area contributed by atoms with E-state index in [9.17, 15) is 0 Å². The van der Waals surface area contributed by atoms with Crippen LogP contribution in [0.25, 0.3) is 0 Å². The molecule has 0 atom stereocenters. The van der Waals surface area contributed by atoms with Gasteiger partial charge in [-0.1, -0.05) is 5.16 Å². The van der Waals surface area contributed by atoms with Crippen LogP contribution in [-0.2, 0) is 26.7 Å². The molecule has 6 heteroatoms. The summed E-state index contributed by atoms with van der Waals surface area (Å²) in [6.45, 7) is 1.95. The Hall–Kier alpha value is -1.66. The van der Waals surface area contributed by atoms with Gasteiger partial charge in [-0.3, -0.25) is 9.58 Å². The molecule has 2 heterocycles. The molecule has 0 aromatic carbocycles. The van der Waals surface area contributed by atoms with Crippen molar-refractivity contribution in [2.24, 2.45) is 12.8 Å². The summed E-state index contributed by atoms with van der Waals surface area (Å²) >= 11 is 0. The molecule has 0 bridgehead atoms. The van der Waals surface area contributed by atoms with Gasteiger partial charge in [-0.25, -0.2) is 0 Å². The molecule has 0 radical (unpaired) electrons. The first-order chi connectivity index (χ1) is 8.17. The summed E-state index contributed by atoms with van der Waals surface area (Å²) in [5.41, 5.74) is 7.43. The van der Waals surface area contributed by atoms with E-state index < -0.39 is 0 Å². The van der Waals surface area contributed by atoms with Gasteiger partial charge in [0.2, 0.25) is 0 Å². The summed E-state index contributed by atoms with van der Waals surface area (Å²) in [4.78, 5) is 2.14. The minimum Gasteiger partial charge on any atom is -0.360 e. The lowest BCUT2D eigenvalue weighted by Gasteiger charge is -2.12. The van der Waals surface area contributed by atoms with Gasteiger partial charge in [0, 0.05) is 38.0 Å². The highest BCUT2D eigenvalue weighted by atomic mass is 16.5. The molecule has 0 aliphatic rings. The molecule has 2 aromatic rings. The van der Waals surface area contributed by atoms with E-state index in [1.54, 1.807) is 4.68 Å². The van der Waals surface area contributed by atoms with Crippen molar-refractivity contribution in [3.8, 4) is 0 Å². The van der Waals surface area contributed by atoms with Crippen LogP contribution in [0.1, 0.15) is 17.0 Å². The number of rotatable bonds is 5. The Labute approximate surface area is 100.0 Å². The third kappa shape index (κ3) is 3.15. The molecule has 92 valence electrons. The van der Waals surface area contributed by atoms with Gasteiger partial charge in [0.1, 0.15) is 0 Å². The van der Waals surface area contributed by atoms with E-state index >= 15 is 0 Å². The summed E-state index contributed by atoms with van der Waals surface area (Å²) in [6, 6.07) is 1.89. The van der Waals surface area contributed by atoms with Crippen LogP contribution in [0, 0.1) is 0 Å². The molecule has 0 spiro atoms. The van der Waals surface area contributed by atoms with Gasteiger partial charge in [-0.15, -0.1) is 0 Å². The maximum Gasteiger partial charge on any atom is 0.151 e. The van der Waals surface area contributed by atoms with Crippen molar-refractivity contribution in [2.75, 3.05) is 7.05 Å². The highest BCUT2D eigenvalue weighted by Crippen LogP contribution is 2.08. The summed E-state index contributed by atoms with van der Waals surface area (Å²) in [7, 11) is 3.94. The molecular weight excluding hydrogens is 218 g/mol. The van der Waals surface area contributed by atoms with Gasteiger partial charge >= 0.3 is 0 Å². The normalized spacial score (nSPS) is 11.3. The Morgan fingerprint density at radius 2 is 2.29 bits per heavy atom. The second-order valence-electron chi connectivity index (χ2n) is 4.18. The number of hydrogen-bond acceptors (Lipinski definition) is 5. The summed E-state index contributed by atoms with van der Waals surface area (Å²) < 4.78 is 6.97. The predicted molar refractivity (Wildman–Crippen MR) is 62.8 cm³/mol. The second kappa shape index (κ2) is 5.11. The molecule has 17 heavy (non-hydrogen) atoms. The molecule has 2 N–H and O–H groups in total. The van der Waals surface area contributed by atoms with Crippen LogP contribution in [-0.4, -0.2) is 26.9 Å². The minimum absolute atomic E-state index is 0.413. The maximum atomic E-state index is 5.47. The topological polar surface area (TPSA) is 73.1 Å². The fraction of sp³-hybridized carbons (Fsp3) is 0.455. The molecule has 0 fully saturated rings. The highest BCUT2D eigenvalue weighted by Gasteiger charge is 2.07. The average molecular weight is 235 g/mol. The van der Waals surface area contributed by atoms with Crippen LogP contribution in [0.3, 0.4) is 0 Å². The zero-order valence-electron chi connectivity index (χ0n) is 10.1. The molecule has 0 amide bonds. The van der Waals surface area contributed by atoms with Crippen LogP contribution in [0.4, 0.5) is 0 Å². The monoisotopic (exact) mass is 235 g/mol. The van der Waals surface area contributed by atoms with Gasteiger partial charge in [0.15, 0.2) is 5.76 Å². The second-order valence-corrected chi connectivity index (χ2v) is 4.18. The predicted octanol–water partition coefficient (Wildman–Crippen LogP) is 0.499. The van der Waals surface area contributed by atoms with Gasteiger partial charge in [0.25, 0.3) is 0 Å². The van der Waals surface area contributed by atoms with Crippen molar-refractivity contribution < 1.29 is 4.52 Å². The van der Waals surface area contributed by atoms with Crippen LogP contribution in [0.2, 0.25) is 0 Å². The van der Waals surface area contributed by atoms with E-state index in [0.29, 0.717) is 13.1 Å². The Kier molecular flexibility index (Phi) is 3.55. The Balaban J connectivity index is 1.90.